The highest BCUT2D eigenvalue weighted by Crippen LogP contribution is 2.23. The number of aliphatic carboxylic acids is 1. The first kappa shape index (κ1) is 17.9. The molecule has 0 saturated carbocycles. The van der Waals surface area contributed by atoms with Gasteiger partial charge in [-0.2, -0.15) is 0 Å². The maximum absolute atomic E-state index is 12.4. The summed E-state index contributed by atoms with van der Waals surface area (Å²) in [5, 5.41) is 22.7. The second-order valence-electron chi connectivity index (χ2n) is 5.17. The van der Waals surface area contributed by atoms with E-state index < -0.39 is 22.8 Å². The Bertz CT molecular complexity index is 788. The van der Waals surface area contributed by atoms with Crippen LogP contribution in [0.15, 0.2) is 48.5 Å². The maximum Gasteiger partial charge on any atom is 0.305 e. The van der Waals surface area contributed by atoms with Gasteiger partial charge in [-0.25, -0.2) is 0 Å². The van der Waals surface area contributed by atoms with Crippen LogP contribution in [0, 0.1) is 10.1 Å². The number of carboxylic acid groups (broad SMARTS) is 1. The van der Waals surface area contributed by atoms with Crippen molar-refractivity contribution in [3.63, 3.8) is 0 Å². The minimum atomic E-state index is -1.11. The number of carbonyl (C=O) groups excluding carboxylic acids is 1. The van der Waals surface area contributed by atoms with Crippen molar-refractivity contribution >= 4 is 17.6 Å². The van der Waals surface area contributed by atoms with Gasteiger partial charge in [0.15, 0.2) is 0 Å². The first-order valence-electron chi connectivity index (χ1n) is 7.32. The summed E-state index contributed by atoms with van der Waals surface area (Å²) in [6, 6.07) is 11.2. The van der Waals surface area contributed by atoms with E-state index in [2.05, 4.69) is 5.32 Å². The lowest BCUT2D eigenvalue weighted by Crippen LogP contribution is -2.30. The number of nitrogens with zero attached hydrogens (tertiary/aromatic N) is 1. The summed E-state index contributed by atoms with van der Waals surface area (Å²) in [5.74, 6) is -1.24. The molecule has 0 fully saturated rings. The fourth-order valence-corrected chi connectivity index (χ4v) is 2.32. The molecule has 0 heterocycles. The van der Waals surface area contributed by atoms with Crippen molar-refractivity contribution in [3.8, 4) is 5.75 Å². The Labute approximate surface area is 143 Å². The van der Waals surface area contributed by atoms with E-state index in [9.17, 15) is 19.7 Å². The summed E-state index contributed by atoms with van der Waals surface area (Å²) in [5.41, 5.74) is 0.0790. The van der Waals surface area contributed by atoms with Crippen LogP contribution in [0.3, 0.4) is 0 Å². The molecule has 1 atom stereocenters. The van der Waals surface area contributed by atoms with Gasteiger partial charge in [-0.1, -0.05) is 24.3 Å². The van der Waals surface area contributed by atoms with E-state index in [1.165, 1.54) is 31.4 Å². The molecule has 0 aliphatic carbocycles. The van der Waals surface area contributed by atoms with E-state index in [0.717, 1.165) is 0 Å². The number of carbonyl (C=O) groups is 2. The molecule has 0 aliphatic rings. The fraction of sp³-hybridized carbons (Fsp3) is 0.176. The van der Waals surface area contributed by atoms with Crippen molar-refractivity contribution in [1.82, 2.24) is 5.32 Å². The van der Waals surface area contributed by atoms with Crippen LogP contribution in [0.5, 0.6) is 5.75 Å². The second kappa shape index (κ2) is 7.91. The largest absolute Gasteiger partial charge is 0.497 e. The SMILES string of the molecule is COc1ccc([C@@H](CC(=O)O)NC(=O)c2ccccc2[N+](=O)[O-])cc1. The summed E-state index contributed by atoms with van der Waals surface area (Å²) in [7, 11) is 1.50. The van der Waals surface area contributed by atoms with Gasteiger partial charge in [-0.15, -0.1) is 0 Å². The fourth-order valence-electron chi connectivity index (χ4n) is 2.32. The topological polar surface area (TPSA) is 119 Å². The van der Waals surface area contributed by atoms with Gasteiger partial charge in [-0.3, -0.25) is 19.7 Å². The third-order valence-electron chi connectivity index (χ3n) is 3.55. The number of hydrogen-bond acceptors (Lipinski definition) is 5. The Morgan fingerprint density at radius 2 is 1.84 bits per heavy atom. The van der Waals surface area contributed by atoms with E-state index in [-0.39, 0.29) is 17.7 Å². The average Bonchev–Trinajstić information content (AvgIpc) is 2.60. The molecule has 0 bridgehead atoms. The molecule has 0 aromatic heterocycles. The minimum absolute atomic E-state index is 0.128. The lowest BCUT2D eigenvalue weighted by molar-refractivity contribution is -0.385. The third kappa shape index (κ3) is 4.54. The summed E-state index contributed by atoms with van der Waals surface area (Å²) < 4.78 is 5.04. The number of nitro benzene ring substituents is 1. The number of rotatable bonds is 7. The highest BCUT2D eigenvalue weighted by molar-refractivity contribution is 5.98. The van der Waals surface area contributed by atoms with E-state index in [1.807, 2.05) is 0 Å². The van der Waals surface area contributed by atoms with Crippen LogP contribution in [0.2, 0.25) is 0 Å². The number of para-hydroxylation sites is 1. The first-order valence-corrected chi connectivity index (χ1v) is 7.32. The van der Waals surface area contributed by atoms with Crippen LogP contribution in [-0.4, -0.2) is 29.0 Å². The number of hydrogen-bond donors (Lipinski definition) is 2. The van der Waals surface area contributed by atoms with Gasteiger partial charge in [-0.05, 0) is 23.8 Å². The number of carboxylic acids is 1. The number of benzene rings is 2. The Hall–Kier alpha value is -3.42. The molecule has 0 spiro atoms. The molecule has 0 aliphatic heterocycles. The van der Waals surface area contributed by atoms with Crippen molar-refractivity contribution in [2.45, 2.75) is 12.5 Å². The summed E-state index contributed by atoms with van der Waals surface area (Å²) in [4.78, 5) is 33.9. The number of amides is 1. The lowest BCUT2D eigenvalue weighted by Gasteiger charge is -2.18. The standard InChI is InChI=1S/C17H16N2O6/c1-25-12-8-6-11(7-9-12)14(10-16(20)21)18-17(22)13-4-2-3-5-15(13)19(23)24/h2-9,14H,10H2,1H3,(H,18,22)(H,20,21)/t14-/m1/s1. The normalized spacial score (nSPS) is 11.4. The van der Waals surface area contributed by atoms with Crippen LogP contribution in [0.25, 0.3) is 0 Å². The van der Waals surface area contributed by atoms with Gasteiger partial charge < -0.3 is 15.2 Å². The molecule has 8 heteroatoms. The Morgan fingerprint density at radius 1 is 1.20 bits per heavy atom. The molecule has 25 heavy (non-hydrogen) atoms. The van der Waals surface area contributed by atoms with Gasteiger partial charge in [0.2, 0.25) is 0 Å². The van der Waals surface area contributed by atoms with Crippen molar-refractivity contribution in [1.29, 1.82) is 0 Å². The Kier molecular flexibility index (Phi) is 5.67. The maximum atomic E-state index is 12.4. The summed E-state index contributed by atoms with van der Waals surface area (Å²) in [6.45, 7) is 0. The lowest BCUT2D eigenvalue weighted by atomic mass is 10.0. The van der Waals surface area contributed by atoms with E-state index in [4.69, 9.17) is 9.84 Å². The smallest absolute Gasteiger partial charge is 0.305 e. The predicted molar refractivity (Wildman–Crippen MR) is 88.6 cm³/mol. The van der Waals surface area contributed by atoms with Crippen molar-refractivity contribution in [2.75, 3.05) is 7.11 Å². The molecule has 2 rings (SSSR count). The average molecular weight is 344 g/mol. The quantitative estimate of drug-likeness (QED) is 0.588. The molecular formula is C17H16N2O6. The van der Waals surface area contributed by atoms with Crippen molar-refractivity contribution in [3.05, 3.63) is 69.8 Å². The van der Waals surface area contributed by atoms with Crippen LogP contribution >= 0.6 is 0 Å². The minimum Gasteiger partial charge on any atom is -0.497 e. The third-order valence-corrected chi connectivity index (χ3v) is 3.55. The molecule has 2 aromatic carbocycles. The van der Waals surface area contributed by atoms with Crippen molar-refractivity contribution < 1.29 is 24.4 Å². The van der Waals surface area contributed by atoms with Gasteiger partial charge in [0.1, 0.15) is 11.3 Å². The van der Waals surface area contributed by atoms with Crippen LogP contribution in [0.4, 0.5) is 5.69 Å². The highest BCUT2D eigenvalue weighted by atomic mass is 16.6. The zero-order valence-corrected chi connectivity index (χ0v) is 13.3. The molecular weight excluding hydrogens is 328 g/mol. The van der Waals surface area contributed by atoms with Crippen LogP contribution < -0.4 is 10.1 Å². The van der Waals surface area contributed by atoms with Gasteiger partial charge >= 0.3 is 5.97 Å². The number of methoxy groups -OCH3 is 1. The molecule has 2 aromatic rings. The summed E-state index contributed by atoms with van der Waals surface area (Å²) in [6.07, 6.45) is -0.362. The van der Waals surface area contributed by atoms with E-state index in [0.29, 0.717) is 11.3 Å². The summed E-state index contributed by atoms with van der Waals surface area (Å²) >= 11 is 0. The first-order chi connectivity index (χ1) is 11.9. The monoisotopic (exact) mass is 344 g/mol. The van der Waals surface area contributed by atoms with E-state index >= 15 is 0 Å². The molecule has 2 N–H and O–H groups in total. The van der Waals surface area contributed by atoms with E-state index in [1.54, 1.807) is 24.3 Å². The van der Waals surface area contributed by atoms with Crippen LogP contribution in [-0.2, 0) is 4.79 Å². The molecule has 0 unspecified atom stereocenters. The molecule has 130 valence electrons. The van der Waals surface area contributed by atoms with Crippen molar-refractivity contribution in [2.24, 2.45) is 0 Å². The second-order valence-corrected chi connectivity index (χ2v) is 5.17. The Morgan fingerprint density at radius 3 is 2.40 bits per heavy atom. The van der Waals surface area contributed by atoms with Gasteiger partial charge in [0.25, 0.3) is 11.6 Å². The molecule has 0 radical (unpaired) electrons. The predicted octanol–water partition coefficient (Wildman–Crippen LogP) is 2.55. The molecule has 0 saturated heterocycles. The zero-order valence-electron chi connectivity index (χ0n) is 13.3. The number of ether oxygens (including phenoxy) is 1. The highest BCUT2D eigenvalue weighted by Gasteiger charge is 2.24. The van der Waals surface area contributed by atoms with Gasteiger partial charge in [0, 0.05) is 6.07 Å². The molecule has 1 amide bonds. The number of nitrogens with one attached hydrogen (secondary N) is 1. The Balaban J connectivity index is 2.29. The van der Waals surface area contributed by atoms with Gasteiger partial charge in [0.05, 0.1) is 24.5 Å². The van der Waals surface area contributed by atoms with Crippen LogP contribution in [0.1, 0.15) is 28.4 Å². The molecule has 8 nitrogen and oxygen atoms in total. The zero-order chi connectivity index (χ0) is 18.4. The number of nitro groups is 1.